The third-order valence-corrected chi connectivity index (χ3v) is 3.27. The summed E-state index contributed by atoms with van der Waals surface area (Å²) in [6.07, 6.45) is 0. The van der Waals surface area contributed by atoms with Gasteiger partial charge in [-0.1, -0.05) is 11.6 Å². The van der Waals surface area contributed by atoms with Gasteiger partial charge in [-0.3, -0.25) is 0 Å². The zero-order valence-corrected chi connectivity index (χ0v) is 11.3. The molecule has 0 saturated heterocycles. The molecule has 0 fully saturated rings. The third kappa shape index (κ3) is 2.09. The van der Waals surface area contributed by atoms with E-state index in [1.165, 1.54) is 0 Å². The average molecular weight is 267 g/mol. The molecule has 0 atom stereocenters. The monoisotopic (exact) mass is 266 g/mol. The van der Waals surface area contributed by atoms with E-state index in [0.29, 0.717) is 10.8 Å². The van der Waals surface area contributed by atoms with E-state index in [1.807, 2.05) is 30.7 Å². The van der Waals surface area contributed by atoms with Gasteiger partial charge in [-0.05, 0) is 25.1 Å². The molecule has 2 aromatic rings. The van der Waals surface area contributed by atoms with Crippen LogP contribution in [0, 0.1) is 6.92 Å². The van der Waals surface area contributed by atoms with E-state index < -0.39 is 0 Å². The minimum Gasteiger partial charge on any atom is -0.495 e. The predicted molar refractivity (Wildman–Crippen MR) is 70.9 cm³/mol. The number of halogens is 1. The summed E-state index contributed by atoms with van der Waals surface area (Å²) in [6.45, 7) is 1.85. The van der Waals surface area contributed by atoms with Crippen molar-refractivity contribution in [1.82, 2.24) is 9.55 Å². The first kappa shape index (κ1) is 12.9. The number of hydrogen-bond acceptors (Lipinski definition) is 3. The van der Waals surface area contributed by atoms with Crippen LogP contribution in [0.25, 0.3) is 11.4 Å². The lowest BCUT2D eigenvalue weighted by atomic mass is 10.2. The molecule has 0 spiro atoms. The van der Waals surface area contributed by atoms with E-state index >= 15 is 0 Å². The Morgan fingerprint density at radius 2 is 2.17 bits per heavy atom. The van der Waals surface area contributed by atoms with Crippen molar-refractivity contribution in [2.75, 3.05) is 7.11 Å². The Kier molecular flexibility index (Phi) is 3.59. The van der Waals surface area contributed by atoms with E-state index in [9.17, 15) is 5.11 Å². The molecule has 1 heterocycles. The first-order valence-corrected chi connectivity index (χ1v) is 5.93. The van der Waals surface area contributed by atoms with Crippen LogP contribution < -0.4 is 4.74 Å². The minimum atomic E-state index is -0.0286. The summed E-state index contributed by atoms with van der Waals surface area (Å²) in [4.78, 5) is 4.45. The van der Waals surface area contributed by atoms with Crippen LogP contribution >= 0.6 is 11.6 Å². The van der Waals surface area contributed by atoms with Gasteiger partial charge in [-0.2, -0.15) is 0 Å². The maximum Gasteiger partial charge on any atom is 0.140 e. The van der Waals surface area contributed by atoms with Crippen molar-refractivity contribution < 1.29 is 9.84 Å². The summed E-state index contributed by atoms with van der Waals surface area (Å²) in [6, 6.07) is 5.51. The van der Waals surface area contributed by atoms with Crippen LogP contribution in [0.4, 0.5) is 0 Å². The molecular weight excluding hydrogens is 252 g/mol. The van der Waals surface area contributed by atoms with Crippen LogP contribution in [0.1, 0.15) is 11.4 Å². The van der Waals surface area contributed by atoms with Gasteiger partial charge in [-0.25, -0.2) is 4.98 Å². The lowest BCUT2D eigenvalue weighted by Gasteiger charge is -2.07. The number of benzene rings is 1. The van der Waals surface area contributed by atoms with E-state index in [1.54, 1.807) is 13.2 Å². The number of rotatable bonds is 3. The Hall–Kier alpha value is -1.52. The number of hydrogen-bond donors (Lipinski definition) is 1. The zero-order valence-electron chi connectivity index (χ0n) is 10.6. The summed E-state index contributed by atoms with van der Waals surface area (Å²) in [5, 5.41) is 9.83. The van der Waals surface area contributed by atoms with Crippen LogP contribution in [0.3, 0.4) is 0 Å². The highest BCUT2D eigenvalue weighted by molar-refractivity contribution is 6.32. The zero-order chi connectivity index (χ0) is 13.3. The number of aryl methyl sites for hydroxylation is 1. The number of aliphatic hydroxyl groups is 1. The van der Waals surface area contributed by atoms with Crippen molar-refractivity contribution in [2.24, 2.45) is 7.05 Å². The summed E-state index contributed by atoms with van der Waals surface area (Å²) in [5.74, 6) is 1.41. The molecule has 0 bridgehead atoms. The normalized spacial score (nSPS) is 10.7. The molecule has 0 aliphatic carbocycles. The third-order valence-electron chi connectivity index (χ3n) is 2.97. The van der Waals surface area contributed by atoms with Gasteiger partial charge in [0.1, 0.15) is 11.6 Å². The molecule has 2 rings (SSSR count). The van der Waals surface area contributed by atoms with Crippen molar-refractivity contribution in [1.29, 1.82) is 0 Å². The molecule has 18 heavy (non-hydrogen) atoms. The Bertz CT molecular complexity index is 579. The topological polar surface area (TPSA) is 47.3 Å². The van der Waals surface area contributed by atoms with Gasteiger partial charge >= 0.3 is 0 Å². The van der Waals surface area contributed by atoms with Crippen molar-refractivity contribution >= 4 is 11.6 Å². The largest absolute Gasteiger partial charge is 0.495 e. The second kappa shape index (κ2) is 5.00. The molecule has 0 radical (unpaired) electrons. The molecule has 0 unspecified atom stereocenters. The van der Waals surface area contributed by atoms with Crippen molar-refractivity contribution in [3.63, 3.8) is 0 Å². The highest BCUT2D eigenvalue weighted by atomic mass is 35.5. The fourth-order valence-electron chi connectivity index (χ4n) is 1.95. The van der Waals surface area contributed by atoms with Crippen molar-refractivity contribution in [3.8, 4) is 17.1 Å². The molecule has 1 aromatic carbocycles. The standard InChI is InChI=1S/C13H15ClN2O2/c1-8-11(7-17)16(2)13(15-8)9-4-5-12(18-3)10(14)6-9/h4-6,17H,7H2,1-3H3. The molecule has 0 saturated carbocycles. The quantitative estimate of drug-likeness (QED) is 0.929. The predicted octanol–water partition coefficient (Wildman–Crippen LogP) is 2.55. The fraction of sp³-hybridized carbons (Fsp3) is 0.308. The smallest absolute Gasteiger partial charge is 0.140 e. The van der Waals surface area contributed by atoms with Crippen LogP contribution in [-0.2, 0) is 13.7 Å². The molecular formula is C13H15ClN2O2. The maximum absolute atomic E-state index is 9.29. The van der Waals surface area contributed by atoms with Crippen molar-refractivity contribution in [2.45, 2.75) is 13.5 Å². The second-order valence-corrected chi connectivity index (χ2v) is 4.44. The highest BCUT2D eigenvalue weighted by Gasteiger charge is 2.13. The van der Waals surface area contributed by atoms with Crippen LogP contribution in [-0.4, -0.2) is 21.8 Å². The van der Waals surface area contributed by atoms with Gasteiger partial charge in [0.25, 0.3) is 0 Å². The van der Waals surface area contributed by atoms with Gasteiger partial charge in [0.05, 0.1) is 30.1 Å². The van der Waals surface area contributed by atoms with Crippen LogP contribution in [0.15, 0.2) is 18.2 Å². The van der Waals surface area contributed by atoms with Gasteiger partial charge in [-0.15, -0.1) is 0 Å². The van der Waals surface area contributed by atoms with E-state index in [0.717, 1.165) is 22.8 Å². The Morgan fingerprint density at radius 1 is 1.44 bits per heavy atom. The van der Waals surface area contributed by atoms with Crippen LogP contribution in [0.5, 0.6) is 5.75 Å². The van der Waals surface area contributed by atoms with Gasteiger partial charge in [0, 0.05) is 12.6 Å². The van der Waals surface area contributed by atoms with Crippen LogP contribution in [0.2, 0.25) is 5.02 Å². The molecule has 4 nitrogen and oxygen atoms in total. The molecule has 1 N–H and O–H groups in total. The number of nitrogens with zero attached hydrogens (tertiary/aromatic N) is 2. The van der Waals surface area contributed by atoms with Crippen molar-refractivity contribution in [3.05, 3.63) is 34.6 Å². The number of aromatic nitrogens is 2. The second-order valence-electron chi connectivity index (χ2n) is 4.03. The highest BCUT2D eigenvalue weighted by Crippen LogP contribution is 2.30. The summed E-state index contributed by atoms with van der Waals surface area (Å²) in [5.41, 5.74) is 2.52. The summed E-state index contributed by atoms with van der Waals surface area (Å²) < 4.78 is 6.99. The number of imidazole rings is 1. The van der Waals surface area contributed by atoms with Gasteiger partial charge in [0.2, 0.25) is 0 Å². The van der Waals surface area contributed by atoms with Gasteiger partial charge < -0.3 is 14.4 Å². The lowest BCUT2D eigenvalue weighted by molar-refractivity contribution is 0.272. The molecule has 1 aromatic heterocycles. The van der Waals surface area contributed by atoms with E-state index in [2.05, 4.69) is 4.98 Å². The Labute approximate surface area is 111 Å². The molecule has 96 valence electrons. The summed E-state index contributed by atoms with van der Waals surface area (Å²) in [7, 11) is 3.45. The maximum atomic E-state index is 9.29. The molecule has 0 aliphatic rings. The fourth-order valence-corrected chi connectivity index (χ4v) is 2.21. The van der Waals surface area contributed by atoms with E-state index in [-0.39, 0.29) is 6.61 Å². The number of aliphatic hydroxyl groups excluding tert-OH is 1. The molecule has 0 amide bonds. The lowest BCUT2D eigenvalue weighted by Crippen LogP contribution is -1.99. The first-order valence-electron chi connectivity index (χ1n) is 5.55. The molecule has 5 heteroatoms. The number of ether oxygens (including phenoxy) is 1. The molecule has 0 aliphatic heterocycles. The summed E-state index contributed by atoms with van der Waals surface area (Å²) >= 11 is 6.10. The Balaban J connectivity index is 2.52. The van der Waals surface area contributed by atoms with Gasteiger partial charge in [0.15, 0.2) is 0 Å². The first-order chi connectivity index (χ1) is 8.58. The minimum absolute atomic E-state index is 0.0286. The van der Waals surface area contributed by atoms with E-state index in [4.69, 9.17) is 16.3 Å². The number of methoxy groups -OCH3 is 1. The SMILES string of the molecule is COc1ccc(-c2nc(C)c(CO)n2C)cc1Cl. The average Bonchev–Trinajstić information content (AvgIpc) is 2.64. The Morgan fingerprint density at radius 3 is 2.67 bits per heavy atom.